The summed E-state index contributed by atoms with van der Waals surface area (Å²) >= 11 is 0. The highest BCUT2D eigenvalue weighted by atomic mass is 16.5. The third kappa shape index (κ3) is 4.26. The summed E-state index contributed by atoms with van der Waals surface area (Å²) in [7, 11) is 0. The van der Waals surface area contributed by atoms with Crippen LogP contribution in [0.2, 0.25) is 0 Å². The predicted molar refractivity (Wildman–Crippen MR) is 95.9 cm³/mol. The van der Waals surface area contributed by atoms with Crippen molar-refractivity contribution in [2.45, 2.75) is 51.5 Å². The van der Waals surface area contributed by atoms with E-state index in [0.29, 0.717) is 6.04 Å². The van der Waals surface area contributed by atoms with Gasteiger partial charge in [-0.25, -0.2) is 4.98 Å². The summed E-state index contributed by atoms with van der Waals surface area (Å²) in [6.45, 7) is 6.60. The summed E-state index contributed by atoms with van der Waals surface area (Å²) in [6.07, 6.45) is 7.24. The van der Waals surface area contributed by atoms with Gasteiger partial charge in [0.25, 0.3) is 0 Å². The van der Waals surface area contributed by atoms with Gasteiger partial charge in [-0.2, -0.15) is 0 Å². The number of aromatic nitrogens is 3. The quantitative estimate of drug-likeness (QED) is 0.901. The van der Waals surface area contributed by atoms with E-state index >= 15 is 0 Å². The zero-order chi connectivity index (χ0) is 16.9. The van der Waals surface area contributed by atoms with Crippen molar-refractivity contribution in [2.75, 3.05) is 19.8 Å². The molecule has 1 saturated heterocycles. The van der Waals surface area contributed by atoms with Crippen LogP contribution in [0.5, 0.6) is 0 Å². The second-order valence-corrected chi connectivity index (χ2v) is 6.98. The van der Waals surface area contributed by atoms with Crippen LogP contribution in [0, 0.1) is 0 Å². The highest BCUT2D eigenvalue weighted by molar-refractivity contribution is 5.15. The third-order valence-corrected chi connectivity index (χ3v) is 5.17. The first-order valence-electron chi connectivity index (χ1n) is 9.35. The molecule has 0 spiro atoms. The molecule has 6 heteroatoms. The molecule has 0 atom stereocenters. The molecule has 1 N–H and O–H groups in total. The molecule has 4 heterocycles. The van der Waals surface area contributed by atoms with E-state index in [4.69, 9.17) is 9.72 Å². The van der Waals surface area contributed by atoms with Gasteiger partial charge in [-0.05, 0) is 31.4 Å². The number of aryl methyl sites for hydroxylation is 1. The second-order valence-electron chi connectivity index (χ2n) is 6.98. The standard InChI is InChI=1S/C19H27N5O/c1-2-7-20-17(4-1)13-23-8-3-9-24-15-22-18(19(24)14-23)12-21-16-5-10-25-11-6-16/h1-2,4,7,15-16,21H,3,5-6,8-14H2. The lowest BCUT2D eigenvalue weighted by Gasteiger charge is -2.23. The SMILES string of the molecule is c1ccc(CN2CCCn3cnc(CNC4CCOCC4)c3C2)nc1. The van der Waals surface area contributed by atoms with Crippen LogP contribution in [-0.2, 0) is 30.9 Å². The van der Waals surface area contributed by atoms with Crippen LogP contribution < -0.4 is 5.32 Å². The van der Waals surface area contributed by atoms with E-state index in [0.717, 1.165) is 70.9 Å². The van der Waals surface area contributed by atoms with E-state index in [2.05, 4.69) is 31.9 Å². The van der Waals surface area contributed by atoms with Crippen LogP contribution in [0.3, 0.4) is 0 Å². The molecular formula is C19H27N5O. The van der Waals surface area contributed by atoms with Gasteiger partial charge in [0.1, 0.15) is 0 Å². The Labute approximate surface area is 149 Å². The van der Waals surface area contributed by atoms with Gasteiger partial charge in [0.15, 0.2) is 0 Å². The molecule has 0 aromatic carbocycles. The minimum absolute atomic E-state index is 0.557. The summed E-state index contributed by atoms with van der Waals surface area (Å²) in [4.78, 5) is 11.7. The Hall–Kier alpha value is -1.76. The zero-order valence-electron chi connectivity index (χ0n) is 14.7. The van der Waals surface area contributed by atoms with Gasteiger partial charge in [-0.1, -0.05) is 6.07 Å². The summed E-state index contributed by atoms with van der Waals surface area (Å²) in [5, 5.41) is 3.67. The third-order valence-electron chi connectivity index (χ3n) is 5.17. The van der Waals surface area contributed by atoms with Crippen molar-refractivity contribution in [1.82, 2.24) is 24.8 Å². The van der Waals surface area contributed by atoms with Crippen molar-refractivity contribution in [2.24, 2.45) is 0 Å². The van der Waals surface area contributed by atoms with Gasteiger partial charge >= 0.3 is 0 Å². The molecule has 134 valence electrons. The number of nitrogens with zero attached hydrogens (tertiary/aromatic N) is 4. The van der Waals surface area contributed by atoms with Crippen molar-refractivity contribution in [1.29, 1.82) is 0 Å². The van der Waals surface area contributed by atoms with Gasteiger partial charge in [-0.15, -0.1) is 0 Å². The molecule has 25 heavy (non-hydrogen) atoms. The maximum absolute atomic E-state index is 5.44. The van der Waals surface area contributed by atoms with Crippen molar-refractivity contribution in [3.05, 3.63) is 47.8 Å². The molecule has 2 aliphatic heterocycles. The Morgan fingerprint density at radius 1 is 1.16 bits per heavy atom. The van der Waals surface area contributed by atoms with E-state index < -0.39 is 0 Å². The van der Waals surface area contributed by atoms with Crippen molar-refractivity contribution < 1.29 is 4.74 Å². The van der Waals surface area contributed by atoms with Gasteiger partial charge in [0.2, 0.25) is 0 Å². The van der Waals surface area contributed by atoms with Gasteiger partial charge in [-0.3, -0.25) is 9.88 Å². The number of hydrogen-bond donors (Lipinski definition) is 1. The number of hydrogen-bond acceptors (Lipinski definition) is 5. The number of fused-ring (bicyclic) bond motifs is 1. The Bertz CT molecular complexity index is 666. The Kier molecular flexibility index (Phi) is 5.40. The molecule has 2 aliphatic rings. The van der Waals surface area contributed by atoms with E-state index in [1.165, 1.54) is 11.4 Å². The monoisotopic (exact) mass is 341 g/mol. The number of nitrogens with one attached hydrogen (secondary N) is 1. The lowest BCUT2D eigenvalue weighted by Crippen LogP contribution is -2.34. The van der Waals surface area contributed by atoms with E-state index in [1.54, 1.807) is 0 Å². The maximum Gasteiger partial charge on any atom is 0.0952 e. The number of rotatable bonds is 5. The lowest BCUT2D eigenvalue weighted by molar-refractivity contribution is 0.0775. The number of imidazole rings is 1. The highest BCUT2D eigenvalue weighted by Gasteiger charge is 2.20. The fraction of sp³-hybridized carbons (Fsp3) is 0.579. The number of pyridine rings is 1. The predicted octanol–water partition coefficient (Wildman–Crippen LogP) is 1.95. The van der Waals surface area contributed by atoms with Crippen molar-refractivity contribution in [3.8, 4) is 0 Å². The molecule has 6 nitrogen and oxygen atoms in total. The molecule has 0 aliphatic carbocycles. The smallest absolute Gasteiger partial charge is 0.0952 e. The summed E-state index contributed by atoms with van der Waals surface area (Å²) in [6, 6.07) is 6.70. The van der Waals surface area contributed by atoms with E-state index in [-0.39, 0.29) is 0 Å². The molecule has 0 amide bonds. The fourth-order valence-electron chi connectivity index (χ4n) is 3.73. The Balaban J connectivity index is 1.41. The van der Waals surface area contributed by atoms with Crippen molar-refractivity contribution >= 4 is 0 Å². The largest absolute Gasteiger partial charge is 0.381 e. The molecule has 0 radical (unpaired) electrons. The first kappa shape index (κ1) is 16.7. The summed E-state index contributed by atoms with van der Waals surface area (Å²) in [5.41, 5.74) is 3.68. The van der Waals surface area contributed by atoms with Crippen LogP contribution in [0.1, 0.15) is 36.3 Å². The summed E-state index contributed by atoms with van der Waals surface area (Å²) in [5.74, 6) is 0. The van der Waals surface area contributed by atoms with Crippen LogP contribution in [0.25, 0.3) is 0 Å². The first-order chi connectivity index (χ1) is 12.4. The second kappa shape index (κ2) is 8.08. The fourth-order valence-corrected chi connectivity index (χ4v) is 3.73. The number of ether oxygens (including phenoxy) is 1. The molecule has 0 unspecified atom stereocenters. The molecular weight excluding hydrogens is 314 g/mol. The van der Waals surface area contributed by atoms with E-state index in [9.17, 15) is 0 Å². The zero-order valence-corrected chi connectivity index (χ0v) is 14.7. The van der Waals surface area contributed by atoms with Crippen molar-refractivity contribution in [3.63, 3.8) is 0 Å². The molecule has 1 fully saturated rings. The topological polar surface area (TPSA) is 55.2 Å². The van der Waals surface area contributed by atoms with Gasteiger partial charge in [0.05, 0.1) is 23.4 Å². The highest BCUT2D eigenvalue weighted by Crippen LogP contribution is 2.18. The molecule has 2 aromatic heterocycles. The van der Waals surface area contributed by atoms with Crippen LogP contribution in [-0.4, -0.2) is 45.2 Å². The molecule has 0 saturated carbocycles. The minimum atomic E-state index is 0.557. The average Bonchev–Trinajstić information content (AvgIpc) is 2.92. The normalized spacial score (nSPS) is 19.5. The summed E-state index contributed by atoms with van der Waals surface area (Å²) < 4.78 is 7.77. The van der Waals surface area contributed by atoms with Gasteiger partial charge in [0, 0.05) is 58.2 Å². The van der Waals surface area contributed by atoms with Crippen LogP contribution in [0.15, 0.2) is 30.7 Å². The van der Waals surface area contributed by atoms with Crippen LogP contribution in [0.4, 0.5) is 0 Å². The first-order valence-corrected chi connectivity index (χ1v) is 9.35. The minimum Gasteiger partial charge on any atom is -0.381 e. The van der Waals surface area contributed by atoms with Gasteiger partial charge < -0.3 is 14.6 Å². The lowest BCUT2D eigenvalue weighted by atomic mass is 10.1. The Morgan fingerprint density at radius 3 is 2.92 bits per heavy atom. The molecule has 0 bridgehead atoms. The molecule has 2 aromatic rings. The van der Waals surface area contributed by atoms with Crippen LogP contribution >= 0.6 is 0 Å². The van der Waals surface area contributed by atoms with E-state index in [1.807, 2.05) is 18.6 Å². The maximum atomic E-state index is 5.44. The average molecular weight is 341 g/mol. The Morgan fingerprint density at radius 2 is 2.08 bits per heavy atom. The molecule has 4 rings (SSSR count).